The van der Waals surface area contributed by atoms with E-state index in [1.807, 2.05) is 0 Å². The summed E-state index contributed by atoms with van der Waals surface area (Å²) in [6.45, 7) is -3.74. The van der Waals surface area contributed by atoms with Crippen molar-refractivity contribution in [2.75, 3.05) is 19.8 Å². The Hall–Kier alpha value is -0.0331. The minimum Gasteiger partial charge on any atom is -0.356 e. The molecule has 0 heterocycles. The maximum Gasteiger partial charge on any atom is 0.613 e. The lowest BCUT2D eigenvalue weighted by Gasteiger charge is -2.22. The van der Waals surface area contributed by atoms with Crippen molar-refractivity contribution < 1.29 is 39.6 Å². The summed E-state index contributed by atoms with van der Waals surface area (Å²) in [6.07, 6.45) is -8.86. The molecule has 0 amide bonds. The summed E-state index contributed by atoms with van der Waals surface area (Å²) in [4.78, 5) is 0. The molecule has 0 fully saturated rings. The van der Waals surface area contributed by atoms with Gasteiger partial charge in [-0.15, -0.1) is 0 Å². The van der Waals surface area contributed by atoms with Gasteiger partial charge in [-0.2, -0.15) is 0 Å². The lowest BCUT2D eigenvalue weighted by molar-refractivity contribution is -0.0199. The molecular weight excluding hydrogens is 298 g/mol. The summed E-state index contributed by atoms with van der Waals surface area (Å²) in [7, 11) is -4.41. The normalized spacial score (nSPS) is 13.1. The van der Waals surface area contributed by atoms with Crippen LogP contribution in [0.2, 0.25) is 0 Å². The second-order valence-corrected chi connectivity index (χ2v) is 5.81. The molecule has 0 N–H and O–H groups in total. The molecule has 0 atom stereocenters. The van der Waals surface area contributed by atoms with Crippen LogP contribution in [0.15, 0.2) is 0 Å². The second kappa shape index (κ2) is 8.14. The minimum absolute atomic E-state index is 1.25. The van der Waals surface area contributed by atoms with Gasteiger partial charge in [-0.3, -0.25) is 0 Å². The first-order chi connectivity index (χ1) is 7.75. The topological polar surface area (TPSA) is 27.7 Å². The molecule has 0 aliphatic rings. The maximum absolute atomic E-state index is 11.8. The highest BCUT2D eigenvalue weighted by Gasteiger charge is 2.42. The van der Waals surface area contributed by atoms with Crippen LogP contribution in [0, 0.1) is 0 Å². The van der Waals surface area contributed by atoms with Gasteiger partial charge in [-0.1, -0.05) is 11.1 Å². The van der Waals surface area contributed by atoms with Gasteiger partial charge in [0.05, 0.1) is 0 Å². The van der Waals surface area contributed by atoms with Gasteiger partial charge < -0.3 is 13.3 Å². The van der Waals surface area contributed by atoms with Crippen LogP contribution in [0.25, 0.3) is 0 Å². The Kier molecular flexibility index (Phi) is 8.12. The Morgan fingerprint density at radius 1 is 0.706 bits per heavy atom. The van der Waals surface area contributed by atoms with E-state index in [-0.39, 0.29) is 0 Å². The van der Waals surface area contributed by atoms with E-state index in [9.17, 15) is 26.3 Å². The molecule has 3 nitrogen and oxygen atoms in total. The fourth-order valence-corrected chi connectivity index (χ4v) is 2.40. The van der Waals surface area contributed by atoms with Crippen LogP contribution in [0.3, 0.4) is 0 Å². The van der Waals surface area contributed by atoms with Crippen LogP contribution in [-0.2, 0) is 13.3 Å². The molecule has 0 bridgehead atoms. The minimum atomic E-state index is -4.41. The van der Waals surface area contributed by atoms with Gasteiger partial charge in [-0.05, 0) is 0 Å². The highest BCUT2D eigenvalue weighted by atomic mass is 35.6. The molecule has 0 saturated heterocycles. The van der Waals surface area contributed by atoms with Crippen molar-refractivity contribution in [2.24, 2.45) is 0 Å². The Morgan fingerprint density at radius 3 is 1.12 bits per heavy atom. The maximum atomic E-state index is 11.8. The average Bonchev–Trinajstić information content (AvgIpc) is 2.21. The van der Waals surface area contributed by atoms with Crippen LogP contribution in [0.1, 0.15) is 0 Å². The molecule has 0 aromatic carbocycles. The van der Waals surface area contributed by atoms with Crippen molar-refractivity contribution in [3.8, 4) is 0 Å². The van der Waals surface area contributed by atoms with E-state index in [1.165, 1.54) is 0 Å². The quantitative estimate of drug-likeness (QED) is 0.372. The second-order valence-electron chi connectivity index (χ2n) is 2.59. The molecule has 104 valence electrons. The molecule has 0 rings (SSSR count). The van der Waals surface area contributed by atoms with E-state index in [0.717, 1.165) is 0 Å². The first-order valence-corrected chi connectivity index (χ1v) is 6.94. The van der Waals surface area contributed by atoms with Crippen LogP contribution in [0.5, 0.6) is 0 Å². The third-order valence-corrected chi connectivity index (χ3v) is 3.66. The molecule has 0 radical (unpaired) electrons. The summed E-state index contributed by atoms with van der Waals surface area (Å²) < 4.78 is 83.5. The third kappa shape index (κ3) is 9.65. The largest absolute Gasteiger partial charge is 0.613 e. The van der Waals surface area contributed by atoms with Gasteiger partial charge in [0.1, 0.15) is 19.8 Å². The highest BCUT2D eigenvalue weighted by Crippen LogP contribution is 2.18. The Morgan fingerprint density at radius 2 is 0.941 bits per heavy atom. The van der Waals surface area contributed by atoms with E-state index in [0.29, 0.717) is 0 Å². The Bertz CT molecular complexity index is 179. The van der Waals surface area contributed by atoms with Crippen LogP contribution in [0.4, 0.5) is 26.3 Å². The van der Waals surface area contributed by atoms with E-state index >= 15 is 0 Å². The number of halogens is 7. The van der Waals surface area contributed by atoms with Crippen molar-refractivity contribution in [3.05, 3.63) is 0 Å². The van der Waals surface area contributed by atoms with Crippen molar-refractivity contribution in [1.29, 1.82) is 0 Å². The first-order valence-electron chi connectivity index (χ1n) is 4.20. The summed E-state index contributed by atoms with van der Waals surface area (Å²) in [5, 5.41) is 0. The average molecular weight is 307 g/mol. The lowest BCUT2D eigenvalue weighted by Crippen LogP contribution is -2.43. The predicted molar refractivity (Wildman–Crippen MR) is 47.5 cm³/mol. The standard InChI is InChI=1S/C6H9ClF6O3Si/c7-17(14-1-4(8)9,15-2-5(10)11)16-3-6(12)13/h4-6H,1-3H2. The fraction of sp³-hybridized carbons (Fsp3) is 1.00. The Labute approximate surface area is 98.7 Å². The summed E-state index contributed by atoms with van der Waals surface area (Å²) in [6, 6.07) is 0. The molecule has 0 unspecified atom stereocenters. The molecule has 0 aromatic heterocycles. The summed E-state index contributed by atoms with van der Waals surface area (Å²) in [5.41, 5.74) is 0. The molecule has 11 heteroatoms. The van der Waals surface area contributed by atoms with Gasteiger partial charge in [0.15, 0.2) is 0 Å². The zero-order valence-electron chi connectivity index (χ0n) is 8.22. The molecule has 0 aliphatic carbocycles. The summed E-state index contributed by atoms with van der Waals surface area (Å²) >= 11 is 5.34. The van der Waals surface area contributed by atoms with Crippen LogP contribution < -0.4 is 0 Å². The molecule has 0 spiro atoms. The van der Waals surface area contributed by atoms with Gasteiger partial charge >= 0.3 is 8.11 Å². The van der Waals surface area contributed by atoms with Gasteiger partial charge in [0.2, 0.25) is 0 Å². The van der Waals surface area contributed by atoms with Crippen molar-refractivity contribution in [3.63, 3.8) is 0 Å². The molecule has 0 saturated carbocycles. The fourth-order valence-electron chi connectivity index (χ4n) is 0.613. The van der Waals surface area contributed by atoms with Crippen LogP contribution >= 0.6 is 11.1 Å². The van der Waals surface area contributed by atoms with Gasteiger partial charge in [-0.25, -0.2) is 26.3 Å². The van der Waals surface area contributed by atoms with Gasteiger partial charge in [0, 0.05) is 0 Å². The smallest absolute Gasteiger partial charge is 0.356 e. The number of rotatable bonds is 9. The highest BCUT2D eigenvalue weighted by molar-refractivity contribution is 7.09. The monoisotopic (exact) mass is 306 g/mol. The molecule has 17 heavy (non-hydrogen) atoms. The predicted octanol–water partition coefficient (Wildman–Crippen LogP) is 2.51. The lowest BCUT2D eigenvalue weighted by atomic mass is 10.8. The van der Waals surface area contributed by atoms with Crippen molar-refractivity contribution in [1.82, 2.24) is 0 Å². The zero-order chi connectivity index (χ0) is 13.5. The van der Waals surface area contributed by atoms with Crippen LogP contribution in [-0.4, -0.2) is 47.2 Å². The molecule has 0 aliphatic heterocycles. The van der Waals surface area contributed by atoms with Crippen molar-refractivity contribution >= 4 is 19.2 Å². The first kappa shape index (κ1) is 17.0. The molecule has 0 aromatic rings. The van der Waals surface area contributed by atoms with E-state index < -0.39 is 47.2 Å². The number of hydrogen-bond donors (Lipinski definition) is 0. The van der Waals surface area contributed by atoms with Crippen molar-refractivity contribution in [2.45, 2.75) is 19.3 Å². The van der Waals surface area contributed by atoms with Gasteiger partial charge in [0.25, 0.3) is 19.3 Å². The number of alkyl halides is 6. The summed E-state index contributed by atoms with van der Waals surface area (Å²) in [5.74, 6) is 0. The number of hydrogen-bond acceptors (Lipinski definition) is 3. The van der Waals surface area contributed by atoms with E-state index in [2.05, 4.69) is 13.3 Å². The Balaban J connectivity index is 4.23. The molecular formula is C6H9ClF6O3Si. The van der Waals surface area contributed by atoms with E-state index in [4.69, 9.17) is 11.1 Å². The SMILES string of the molecule is FC(F)CO[Si](Cl)(OCC(F)F)OCC(F)F. The zero-order valence-corrected chi connectivity index (χ0v) is 9.98. The third-order valence-electron chi connectivity index (χ3n) is 1.15. The van der Waals surface area contributed by atoms with E-state index in [1.54, 1.807) is 0 Å².